The zero-order chi connectivity index (χ0) is 11.4. The number of aliphatic carboxylic acids is 1. The molecule has 3 heteroatoms. The van der Waals surface area contributed by atoms with E-state index in [0.29, 0.717) is 18.4 Å². The molecule has 0 radical (unpaired) electrons. The average molecular weight is 221 g/mol. The number of rotatable bonds is 4. The minimum absolute atomic E-state index is 0.308. The number of hydrogen-bond donors (Lipinski definition) is 1. The molecule has 0 amide bonds. The monoisotopic (exact) mass is 221 g/mol. The molecule has 2 atom stereocenters. The van der Waals surface area contributed by atoms with Crippen LogP contribution >= 0.6 is 0 Å². The molecule has 3 nitrogen and oxygen atoms in total. The molecule has 1 saturated carbocycles. The van der Waals surface area contributed by atoms with Gasteiger partial charge in [0.2, 0.25) is 0 Å². The second-order valence-corrected chi connectivity index (χ2v) is 4.67. The highest BCUT2D eigenvalue weighted by Crippen LogP contribution is 2.36. The van der Waals surface area contributed by atoms with E-state index in [0.717, 1.165) is 6.42 Å². The van der Waals surface area contributed by atoms with Crippen LogP contribution in [0.2, 0.25) is 0 Å². The number of aromatic nitrogens is 1. The van der Waals surface area contributed by atoms with Crippen molar-refractivity contribution in [1.82, 2.24) is 4.57 Å². The molecule has 0 bridgehead atoms. The zero-order valence-corrected chi connectivity index (χ0v) is 9.51. The predicted octanol–water partition coefficient (Wildman–Crippen LogP) is 3.08. The molecular formula is C13H19NO2. The van der Waals surface area contributed by atoms with Crippen LogP contribution < -0.4 is 0 Å². The van der Waals surface area contributed by atoms with Gasteiger partial charge in [0.15, 0.2) is 0 Å². The van der Waals surface area contributed by atoms with Crippen molar-refractivity contribution in [2.24, 2.45) is 5.92 Å². The molecule has 2 unspecified atom stereocenters. The fourth-order valence-corrected chi connectivity index (χ4v) is 2.80. The van der Waals surface area contributed by atoms with Crippen molar-refractivity contribution in [3.63, 3.8) is 0 Å². The van der Waals surface area contributed by atoms with Crippen LogP contribution in [0.5, 0.6) is 0 Å². The summed E-state index contributed by atoms with van der Waals surface area (Å²) in [5.74, 6) is -0.130. The van der Waals surface area contributed by atoms with E-state index in [1.54, 1.807) is 0 Å². The summed E-state index contributed by atoms with van der Waals surface area (Å²) >= 11 is 0. The summed E-state index contributed by atoms with van der Waals surface area (Å²) in [6.07, 6.45) is 10.2. The van der Waals surface area contributed by atoms with Gasteiger partial charge in [0, 0.05) is 24.9 Å². The van der Waals surface area contributed by atoms with Crippen molar-refractivity contribution in [2.45, 2.75) is 44.6 Å². The van der Waals surface area contributed by atoms with Crippen LogP contribution in [0.4, 0.5) is 0 Å². The molecular weight excluding hydrogens is 202 g/mol. The van der Waals surface area contributed by atoms with E-state index in [1.807, 2.05) is 12.1 Å². The van der Waals surface area contributed by atoms with Crippen LogP contribution in [0, 0.1) is 5.92 Å². The van der Waals surface area contributed by atoms with Crippen molar-refractivity contribution in [3.05, 3.63) is 24.5 Å². The maximum atomic E-state index is 10.6. The van der Waals surface area contributed by atoms with Crippen LogP contribution in [0.3, 0.4) is 0 Å². The molecule has 1 heterocycles. The van der Waals surface area contributed by atoms with E-state index < -0.39 is 5.97 Å². The number of nitrogens with zero attached hydrogens (tertiary/aromatic N) is 1. The summed E-state index contributed by atoms with van der Waals surface area (Å²) in [4.78, 5) is 10.6. The second-order valence-electron chi connectivity index (χ2n) is 4.67. The number of carboxylic acid groups (broad SMARTS) is 1. The SMILES string of the molecule is O=C(O)CCC1CCCCC1n1cccc1. The van der Waals surface area contributed by atoms with Gasteiger partial charge in [-0.3, -0.25) is 4.79 Å². The lowest BCUT2D eigenvalue weighted by Crippen LogP contribution is -2.23. The molecule has 1 fully saturated rings. The lowest BCUT2D eigenvalue weighted by molar-refractivity contribution is -0.137. The lowest BCUT2D eigenvalue weighted by atomic mass is 9.81. The van der Waals surface area contributed by atoms with E-state index in [2.05, 4.69) is 17.0 Å². The van der Waals surface area contributed by atoms with E-state index >= 15 is 0 Å². The van der Waals surface area contributed by atoms with Crippen molar-refractivity contribution in [3.8, 4) is 0 Å². The summed E-state index contributed by atoms with van der Waals surface area (Å²) < 4.78 is 2.26. The Labute approximate surface area is 96.1 Å². The first-order valence-electron chi connectivity index (χ1n) is 6.11. The third-order valence-electron chi connectivity index (χ3n) is 3.61. The summed E-state index contributed by atoms with van der Waals surface area (Å²) in [7, 11) is 0. The minimum atomic E-state index is -0.670. The third-order valence-corrected chi connectivity index (χ3v) is 3.61. The molecule has 1 aromatic heterocycles. The smallest absolute Gasteiger partial charge is 0.303 e. The fourth-order valence-electron chi connectivity index (χ4n) is 2.80. The maximum Gasteiger partial charge on any atom is 0.303 e. The van der Waals surface area contributed by atoms with Gasteiger partial charge in [-0.2, -0.15) is 0 Å². The van der Waals surface area contributed by atoms with E-state index in [1.165, 1.54) is 25.7 Å². The Morgan fingerprint density at radius 2 is 1.94 bits per heavy atom. The molecule has 1 aliphatic rings. The molecule has 1 aromatic rings. The first-order chi connectivity index (χ1) is 7.77. The standard InChI is InChI=1S/C13H19NO2/c15-13(16)8-7-11-5-1-2-6-12(11)14-9-3-4-10-14/h3-4,9-12H,1-2,5-8H2,(H,15,16). The van der Waals surface area contributed by atoms with Gasteiger partial charge in [-0.05, 0) is 37.3 Å². The quantitative estimate of drug-likeness (QED) is 0.849. The van der Waals surface area contributed by atoms with Gasteiger partial charge >= 0.3 is 5.97 Å². The van der Waals surface area contributed by atoms with Crippen LogP contribution in [0.1, 0.15) is 44.6 Å². The molecule has 0 aliphatic heterocycles. The van der Waals surface area contributed by atoms with E-state index in [-0.39, 0.29) is 0 Å². The van der Waals surface area contributed by atoms with Crippen LogP contribution in [-0.4, -0.2) is 15.6 Å². The van der Waals surface area contributed by atoms with Gasteiger partial charge < -0.3 is 9.67 Å². The number of hydrogen-bond acceptors (Lipinski definition) is 1. The molecule has 0 aromatic carbocycles. The Balaban J connectivity index is 2.00. The third kappa shape index (κ3) is 2.65. The van der Waals surface area contributed by atoms with E-state index in [9.17, 15) is 4.79 Å². The van der Waals surface area contributed by atoms with E-state index in [4.69, 9.17) is 5.11 Å². The number of carboxylic acids is 1. The molecule has 1 N–H and O–H groups in total. The predicted molar refractivity (Wildman–Crippen MR) is 62.3 cm³/mol. The van der Waals surface area contributed by atoms with Crippen LogP contribution in [0.15, 0.2) is 24.5 Å². The van der Waals surface area contributed by atoms with Gasteiger partial charge in [-0.15, -0.1) is 0 Å². The first-order valence-corrected chi connectivity index (χ1v) is 6.11. The zero-order valence-electron chi connectivity index (χ0n) is 9.51. The van der Waals surface area contributed by atoms with Crippen molar-refractivity contribution in [1.29, 1.82) is 0 Å². The molecule has 1 aliphatic carbocycles. The van der Waals surface area contributed by atoms with Gasteiger partial charge in [0.25, 0.3) is 0 Å². The van der Waals surface area contributed by atoms with Gasteiger partial charge in [0.05, 0.1) is 0 Å². The molecule has 0 saturated heterocycles. The van der Waals surface area contributed by atoms with Crippen LogP contribution in [0.25, 0.3) is 0 Å². The lowest BCUT2D eigenvalue weighted by Gasteiger charge is -2.32. The molecule has 2 rings (SSSR count). The summed E-state index contributed by atoms with van der Waals surface area (Å²) in [5, 5.41) is 8.75. The number of carbonyl (C=O) groups is 1. The Morgan fingerprint density at radius 1 is 1.25 bits per heavy atom. The Hall–Kier alpha value is -1.25. The molecule has 0 spiro atoms. The maximum absolute atomic E-state index is 10.6. The first kappa shape index (κ1) is 11.2. The highest BCUT2D eigenvalue weighted by Gasteiger charge is 2.26. The Bertz CT molecular complexity index is 332. The Morgan fingerprint density at radius 3 is 2.62 bits per heavy atom. The molecule has 88 valence electrons. The summed E-state index contributed by atoms with van der Waals surface area (Å²) in [5.41, 5.74) is 0. The molecule has 16 heavy (non-hydrogen) atoms. The van der Waals surface area contributed by atoms with Crippen LogP contribution in [-0.2, 0) is 4.79 Å². The van der Waals surface area contributed by atoms with Gasteiger partial charge in [-0.1, -0.05) is 12.8 Å². The Kier molecular flexibility index (Phi) is 3.65. The highest BCUT2D eigenvalue weighted by molar-refractivity contribution is 5.66. The van der Waals surface area contributed by atoms with Gasteiger partial charge in [0.1, 0.15) is 0 Å². The van der Waals surface area contributed by atoms with Gasteiger partial charge in [-0.25, -0.2) is 0 Å². The minimum Gasteiger partial charge on any atom is -0.481 e. The largest absolute Gasteiger partial charge is 0.481 e. The van der Waals surface area contributed by atoms with Crippen molar-refractivity contribution < 1.29 is 9.90 Å². The normalized spacial score (nSPS) is 25.5. The second kappa shape index (κ2) is 5.19. The summed E-state index contributed by atoms with van der Waals surface area (Å²) in [6, 6.07) is 4.61. The van der Waals surface area contributed by atoms with Crippen molar-refractivity contribution >= 4 is 5.97 Å². The highest BCUT2D eigenvalue weighted by atomic mass is 16.4. The van der Waals surface area contributed by atoms with Crippen molar-refractivity contribution in [2.75, 3.05) is 0 Å². The fraction of sp³-hybridized carbons (Fsp3) is 0.615. The average Bonchev–Trinajstić information content (AvgIpc) is 2.80. The summed E-state index contributed by atoms with van der Waals surface area (Å²) in [6.45, 7) is 0. The topological polar surface area (TPSA) is 42.2 Å².